The van der Waals surface area contributed by atoms with Gasteiger partial charge in [-0.15, -0.1) is 11.3 Å². The number of ether oxygens (including phenoxy) is 1. The normalized spacial score (nSPS) is 17.3. The van der Waals surface area contributed by atoms with E-state index in [1.165, 1.54) is 22.6 Å². The first-order valence-corrected chi connectivity index (χ1v) is 7.51. The van der Waals surface area contributed by atoms with Crippen LogP contribution in [-0.4, -0.2) is 19.8 Å². The Morgan fingerprint density at radius 1 is 1.47 bits per heavy atom. The van der Waals surface area contributed by atoms with Crippen molar-refractivity contribution in [2.45, 2.75) is 39.2 Å². The van der Waals surface area contributed by atoms with Gasteiger partial charge in [-0.2, -0.15) is 0 Å². The summed E-state index contributed by atoms with van der Waals surface area (Å²) in [5.74, 6) is 0.872. The summed E-state index contributed by atoms with van der Waals surface area (Å²) in [5, 5.41) is 3.52. The summed E-state index contributed by atoms with van der Waals surface area (Å²) in [5.41, 5.74) is 0. The van der Waals surface area contributed by atoms with Crippen molar-refractivity contribution in [2.75, 3.05) is 19.8 Å². The van der Waals surface area contributed by atoms with Crippen molar-refractivity contribution in [3.05, 3.63) is 21.9 Å². The van der Waals surface area contributed by atoms with E-state index >= 15 is 0 Å². The van der Waals surface area contributed by atoms with Crippen LogP contribution >= 0.6 is 11.3 Å². The molecule has 0 amide bonds. The molecule has 1 heterocycles. The summed E-state index contributed by atoms with van der Waals surface area (Å²) >= 11 is 1.92. The fourth-order valence-electron chi connectivity index (χ4n) is 1.80. The molecule has 1 unspecified atom stereocenters. The molecule has 1 aliphatic carbocycles. The van der Waals surface area contributed by atoms with E-state index in [2.05, 4.69) is 31.3 Å². The molecule has 1 N–H and O–H groups in total. The summed E-state index contributed by atoms with van der Waals surface area (Å²) in [4.78, 5) is 2.91. The average molecular weight is 253 g/mol. The number of hydrogen-bond donors (Lipinski definition) is 1. The second-order valence-electron chi connectivity index (χ2n) is 4.85. The zero-order valence-corrected chi connectivity index (χ0v) is 11.7. The molecule has 1 saturated carbocycles. The van der Waals surface area contributed by atoms with Crippen molar-refractivity contribution in [3.63, 3.8) is 0 Å². The zero-order valence-electron chi connectivity index (χ0n) is 10.9. The van der Waals surface area contributed by atoms with Gasteiger partial charge < -0.3 is 10.1 Å². The van der Waals surface area contributed by atoms with Gasteiger partial charge in [0.05, 0.1) is 6.61 Å². The summed E-state index contributed by atoms with van der Waals surface area (Å²) in [7, 11) is 0. The van der Waals surface area contributed by atoms with Crippen molar-refractivity contribution >= 4 is 11.3 Å². The molecule has 1 aromatic heterocycles. The van der Waals surface area contributed by atoms with E-state index in [-0.39, 0.29) is 0 Å². The number of hydrogen-bond acceptors (Lipinski definition) is 3. The van der Waals surface area contributed by atoms with Crippen LogP contribution in [0, 0.1) is 5.92 Å². The predicted octanol–water partition coefficient (Wildman–Crippen LogP) is 3.39. The maximum absolute atomic E-state index is 5.61. The van der Waals surface area contributed by atoms with Crippen molar-refractivity contribution in [1.29, 1.82) is 0 Å². The van der Waals surface area contributed by atoms with Crippen LogP contribution in [0.4, 0.5) is 0 Å². The maximum atomic E-state index is 5.61. The fraction of sp³-hybridized carbons (Fsp3) is 0.714. The van der Waals surface area contributed by atoms with E-state index in [0.717, 1.165) is 32.1 Å². The van der Waals surface area contributed by atoms with Crippen molar-refractivity contribution in [2.24, 2.45) is 5.92 Å². The highest BCUT2D eigenvalue weighted by Gasteiger charge is 2.20. The second kappa shape index (κ2) is 6.53. The summed E-state index contributed by atoms with van der Waals surface area (Å²) in [6, 6.07) is 4.93. The standard InChI is InChI=1S/C14H23NOS/c1-3-13-6-7-14(17-13)11(2)15-8-9-16-10-12-4-5-12/h6-7,11-12,15H,3-5,8-10H2,1-2H3. The molecule has 0 aromatic carbocycles. The third-order valence-corrected chi connectivity index (χ3v) is 4.62. The number of rotatable bonds is 8. The van der Waals surface area contributed by atoms with E-state index < -0.39 is 0 Å². The molecule has 1 aliphatic rings. The molecule has 0 saturated heterocycles. The predicted molar refractivity (Wildman–Crippen MR) is 73.7 cm³/mol. The Morgan fingerprint density at radius 3 is 2.94 bits per heavy atom. The van der Waals surface area contributed by atoms with E-state index in [1.807, 2.05) is 11.3 Å². The number of aryl methyl sites for hydroxylation is 1. The van der Waals surface area contributed by atoms with Crippen molar-refractivity contribution < 1.29 is 4.74 Å². The van der Waals surface area contributed by atoms with Crippen molar-refractivity contribution in [3.8, 4) is 0 Å². The molecular formula is C14H23NOS. The second-order valence-corrected chi connectivity index (χ2v) is 6.05. The number of thiophene rings is 1. The van der Waals surface area contributed by atoms with Gasteiger partial charge in [-0.1, -0.05) is 6.92 Å². The Bertz CT molecular complexity index is 333. The van der Waals surface area contributed by atoms with Crippen LogP contribution in [0.15, 0.2) is 12.1 Å². The third-order valence-electron chi connectivity index (χ3n) is 3.21. The van der Waals surface area contributed by atoms with E-state index in [0.29, 0.717) is 6.04 Å². The first-order valence-electron chi connectivity index (χ1n) is 6.69. The quantitative estimate of drug-likeness (QED) is 0.717. The van der Waals surface area contributed by atoms with E-state index in [4.69, 9.17) is 4.74 Å². The minimum absolute atomic E-state index is 0.449. The van der Waals surface area contributed by atoms with Crippen molar-refractivity contribution in [1.82, 2.24) is 5.32 Å². The lowest BCUT2D eigenvalue weighted by Gasteiger charge is -2.12. The topological polar surface area (TPSA) is 21.3 Å². The molecule has 0 bridgehead atoms. The minimum Gasteiger partial charge on any atom is -0.380 e. The Hall–Kier alpha value is -0.380. The molecule has 2 rings (SSSR count). The van der Waals surface area contributed by atoms with Crippen LogP contribution in [0.3, 0.4) is 0 Å². The molecule has 0 spiro atoms. The van der Waals surface area contributed by atoms with Gasteiger partial charge in [0.2, 0.25) is 0 Å². The lowest BCUT2D eigenvalue weighted by atomic mass is 10.2. The Balaban J connectivity index is 1.60. The Labute approximate surface area is 108 Å². The minimum atomic E-state index is 0.449. The lowest BCUT2D eigenvalue weighted by molar-refractivity contribution is 0.124. The average Bonchev–Trinajstić information content (AvgIpc) is 3.03. The molecule has 0 radical (unpaired) electrons. The molecule has 17 heavy (non-hydrogen) atoms. The molecular weight excluding hydrogens is 230 g/mol. The molecule has 1 fully saturated rings. The van der Waals surface area contributed by atoms with Gasteiger partial charge in [0.25, 0.3) is 0 Å². The van der Waals surface area contributed by atoms with Gasteiger partial charge in [0.15, 0.2) is 0 Å². The molecule has 0 aliphatic heterocycles. The monoisotopic (exact) mass is 253 g/mol. The fourth-order valence-corrected chi connectivity index (χ4v) is 2.78. The van der Waals surface area contributed by atoms with E-state index in [1.54, 1.807) is 0 Å². The first-order chi connectivity index (χ1) is 8.29. The lowest BCUT2D eigenvalue weighted by Crippen LogP contribution is -2.23. The molecule has 2 nitrogen and oxygen atoms in total. The van der Waals surface area contributed by atoms with Gasteiger partial charge in [-0.3, -0.25) is 0 Å². The van der Waals surface area contributed by atoms with Gasteiger partial charge >= 0.3 is 0 Å². The molecule has 3 heteroatoms. The summed E-state index contributed by atoms with van der Waals surface area (Å²) < 4.78 is 5.61. The highest BCUT2D eigenvalue weighted by atomic mass is 32.1. The Morgan fingerprint density at radius 2 is 2.29 bits per heavy atom. The van der Waals surface area contributed by atoms with Gasteiger partial charge in [-0.25, -0.2) is 0 Å². The molecule has 96 valence electrons. The number of nitrogens with one attached hydrogen (secondary N) is 1. The Kier molecular flexibility index (Phi) is 5.01. The smallest absolute Gasteiger partial charge is 0.0591 e. The van der Waals surface area contributed by atoms with Gasteiger partial charge in [0, 0.05) is 28.9 Å². The zero-order chi connectivity index (χ0) is 12.1. The van der Waals surface area contributed by atoms with E-state index in [9.17, 15) is 0 Å². The highest BCUT2D eigenvalue weighted by molar-refractivity contribution is 7.12. The SMILES string of the molecule is CCc1ccc(C(C)NCCOCC2CC2)s1. The van der Waals surface area contributed by atoms with Crippen LogP contribution in [0.2, 0.25) is 0 Å². The van der Waals surface area contributed by atoms with Crippen LogP contribution in [0.1, 0.15) is 42.5 Å². The van der Waals surface area contributed by atoms with Crippen LogP contribution in [0.5, 0.6) is 0 Å². The van der Waals surface area contributed by atoms with Gasteiger partial charge in [-0.05, 0) is 44.2 Å². The first kappa shape index (κ1) is 13.1. The summed E-state index contributed by atoms with van der Waals surface area (Å²) in [6.45, 7) is 7.20. The molecule has 1 aromatic rings. The van der Waals surface area contributed by atoms with Crippen LogP contribution < -0.4 is 5.32 Å². The molecule has 1 atom stereocenters. The van der Waals surface area contributed by atoms with Crippen LogP contribution in [-0.2, 0) is 11.2 Å². The summed E-state index contributed by atoms with van der Waals surface area (Å²) in [6.07, 6.45) is 3.89. The largest absolute Gasteiger partial charge is 0.380 e. The highest BCUT2D eigenvalue weighted by Crippen LogP contribution is 2.28. The van der Waals surface area contributed by atoms with Gasteiger partial charge in [0.1, 0.15) is 0 Å². The third kappa shape index (κ3) is 4.41. The van der Waals surface area contributed by atoms with Crippen LogP contribution in [0.25, 0.3) is 0 Å². The maximum Gasteiger partial charge on any atom is 0.0591 e.